The number of anilines is 1. The molecule has 1 aliphatic rings. The van der Waals surface area contributed by atoms with Crippen LogP contribution in [0.15, 0.2) is 42.5 Å². The van der Waals surface area contributed by atoms with Gasteiger partial charge in [0.2, 0.25) is 0 Å². The molecule has 1 heterocycles. The monoisotopic (exact) mass is 341 g/mol. The Morgan fingerprint density at radius 3 is 2.84 bits per heavy atom. The van der Waals surface area contributed by atoms with Crippen molar-refractivity contribution in [1.82, 2.24) is 0 Å². The van der Waals surface area contributed by atoms with Crippen LogP contribution in [0.3, 0.4) is 0 Å². The number of nitrogens with one attached hydrogen (secondary N) is 1. The zero-order valence-electron chi connectivity index (χ0n) is 15.1. The number of benzene rings is 2. The lowest BCUT2D eigenvalue weighted by Crippen LogP contribution is -2.16. The highest BCUT2D eigenvalue weighted by Gasteiger charge is 2.15. The van der Waals surface area contributed by atoms with Crippen molar-refractivity contribution < 1.29 is 14.2 Å². The maximum absolute atomic E-state index is 5.85. The maximum atomic E-state index is 5.85. The number of hydrogen-bond donors (Lipinski definition) is 1. The predicted octanol–water partition coefficient (Wildman–Crippen LogP) is 4.35. The van der Waals surface area contributed by atoms with Gasteiger partial charge in [-0.25, -0.2) is 0 Å². The van der Waals surface area contributed by atoms with Crippen molar-refractivity contribution in [2.75, 3.05) is 31.7 Å². The van der Waals surface area contributed by atoms with Gasteiger partial charge in [-0.15, -0.1) is 0 Å². The summed E-state index contributed by atoms with van der Waals surface area (Å²) in [5.41, 5.74) is 3.46. The topological polar surface area (TPSA) is 39.7 Å². The van der Waals surface area contributed by atoms with Crippen LogP contribution in [0.1, 0.15) is 24.0 Å². The second-order valence-electron chi connectivity index (χ2n) is 6.52. The fourth-order valence-electron chi connectivity index (χ4n) is 2.98. The Labute approximate surface area is 150 Å². The average molecular weight is 341 g/mol. The predicted molar refractivity (Wildman–Crippen MR) is 101 cm³/mol. The van der Waals surface area contributed by atoms with E-state index in [1.165, 1.54) is 11.1 Å². The first-order chi connectivity index (χ1) is 12.2. The molecular formula is C21H27NO3. The summed E-state index contributed by atoms with van der Waals surface area (Å²) in [6.07, 6.45) is 2.46. The quantitative estimate of drug-likeness (QED) is 0.725. The largest absolute Gasteiger partial charge is 0.491 e. The molecule has 0 spiro atoms. The Bertz CT molecular complexity index is 681. The Balaban J connectivity index is 1.42. The third kappa shape index (κ3) is 5.40. The number of aryl methyl sites for hydroxylation is 2. The summed E-state index contributed by atoms with van der Waals surface area (Å²) in [6, 6.07) is 14.3. The molecule has 0 aliphatic carbocycles. The highest BCUT2D eigenvalue weighted by molar-refractivity contribution is 5.48. The van der Waals surface area contributed by atoms with Crippen molar-refractivity contribution in [3.05, 3.63) is 53.6 Å². The summed E-state index contributed by atoms with van der Waals surface area (Å²) >= 11 is 0. The van der Waals surface area contributed by atoms with Crippen molar-refractivity contribution >= 4 is 5.69 Å². The van der Waals surface area contributed by atoms with Crippen molar-refractivity contribution in [3.8, 4) is 11.5 Å². The highest BCUT2D eigenvalue weighted by Crippen LogP contribution is 2.20. The molecule has 2 aromatic carbocycles. The van der Waals surface area contributed by atoms with Crippen molar-refractivity contribution in [3.63, 3.8) is 0 Å². The van der Waals surface area contributed by atoms with E-state index in [1.54, 1.807) is 0 Å². The van der Waals surface area contributed by atoms with E-state index in [-0.39, 0.29) is 6.10 Å². The molecule has 1 unspecified atom stereocenters. The van der Waals surface area contributed by atoms with Crippen LogP contribution in [0.5, 0.6) is 11.5 Å². The van der Waals surface area contributed by atoms with Crippen LogP contribution in [-0.4, -0.2) is 32.5 Å². The Morgan fingerprint density at radius 2 is 2.04 bits per heavy atom. The molecule has 134 valence electrons. The molecule has 4 heteroatoms. The van der Waals surface area contributed by atoms with Crippen LogP contribution >= 0.6 is 0 Å². The first-order valence-corrected chi connectivity index (χ1v) is 8.99. The van der Waals surface area contributed by atoms with Gasteiger partial charge in [0.25, 0.3) is 0 Å². The number of hydrogen-bond acceptors (Lipinski definition) is 4. The molecule has 3 rings (SSSR count). The van der Waals surface area contributed by atoms with Gasteiger partial charge in [0, 0.05) is 24.9 Å². The smallest absolute Gasteiger partial charge is 0.122 e. The molecule has 0 saturated carbocycles. The molecule has 25 heavy (non-hydrogen) atoms. The minimum absolute atomic E-state index is 0.239. The molecule has 2 aromatic rings. The van der Waals surface area contributed by atoms with Gasteiger partial charge in [0.05, 0.1) is 6.10 Å². The lowest BCUT2D eigenvalue weighted by atomic mass is 10.1. The lowest BCUT2D eigenvalue weighted by molar-refractivity contribution is 0.0680. The molecule has 1 N–H and O–H groups in total. The third-order valence-corrected chi connectivity index (χ3v) is 4.31. The minimum Gasteiger partial charge on any atom is -0.491 e. The normalized spacial score (nSPS) is 16.6. The van der Waals surface area contributed by atoms with Crippen LogP contribution in [0, 0.1) is 13.8 Å². The SMILES string of the molecule is Cc1ccc(OCCNc2cccc(OCC3CCCO3)c2)c(C)c1. The van der Waals surface area contributed by atoms with Crippen molar-refractivity contribution in [1.29, 1.82) is 0 Å². The lowest BCUT2D eigenvalue weighted by Gasteiger charge is -2.13. The first-order valence-electron chi connectivity index (χ1n) is 8.99. The summed E-state index contributed by atoms with van der Waals surface area (Å²) < 4.78 is 17.3. The second kappa shape index (κ2) is 8.77. The van der Waals surface area contributed by atoms with Gasteiger partial charge in [-0.1, -0.05) is 23.8 Å². The Kier molecular flexibility index (Phi) is 6.18. The average Bonchev–Trinajstić information content (AvgIpc) is 3.12. The van der Waals surface area contributed by atoms with Gasteiger partial charge >= 0.3 is 0 Å². The molecule has 0 radical (unpaired) electrons. The van der Waals surface area contributed by atoms with E-state index in [1.807, 2.05) is 30.3 Å². The summed E-state index contributed by atoms with van der Waals surface area (Å²) in [6.45, 7) is 7.00. The third-order valence-electron chi connectivity index (χ3n) is 4.31. The summed E-state index contributed by atoms with van der Waals surface area (Å²) in [4.78, 5) is 0. The first kappa shape index (κ1) is 17.6. The van der Waals surface area contributed by atoms with Gasteiger partial charge in [0.1, 0.15) is 24.7 Å². The fourth-order valence-corrected chi connectivity index (χ4v) is 2.98. The van der Waals surface area contributed by atoms with E-state index in [0.717, 1.165) is 43.2 Å². The molecule has 1 fully saturated rings. The molecule has 0 aromatic heterocycles. The minimum atomic E-state index is 0.239. The van der Waals surface area contributed by atoms with Crippen LogP contribution in [0.4, 0.5) is 5.69 Å². The van der Waals surface area contributed by atoms with Gasteiger partial charge in [-0.3, -0.25) is 0 Å². The molecule has 1 saturated heterocycles. The van der Waals surface area contributed by atoms with E-state index < -0.39 is 0 Å². The van der Waals surface area contributed by atoms with E-state index in [4.69, 9.17) is 14.2 Å². The van der Waals surface area contributed by atoms with Gasteiger partial charge < -0.3 is 19.5 Å². The summed E-state index contributed by atoms with van der Waals surface area (Å²) in [5.74, 6) is 1.82. The zero-order chi connectivity index (χ0) is 17.5. The Hall–Kier alpha value is -2.20. The molecule has 0 bridgehead atoms. The number of ether oxygens (including phenoxy) is 3. The van der Waals surface area contributed by atoms with E-state index >= 15 is 0 Å². The molecular weight excluding hydrogens is 314 g/mol. The van der Waals surface area contributed by atoms with E-state index in [2.05, 4.69) is 31.3 Å². The van der Waals surface area contributed by atoms with Crippen LogP contribution < -0.4 is 14.8 Å². The number of rotatable bonds is 8. The summed E-state index contributed by atoms with van der Waals surface area (Å²) in [5, 5.41) is 3.38. The van der Waals surface area contributed by atoms with Gasteiger partial charge in [-0.05, 0) is 50.5 Å². The van der Waals surface area contributed by atoms with Crippen LogP contribution in [0.25, 0.3) is 0 Å². The summed E-state index contributed by atoms with van der Waals surface area (Å²) in [7, 11) is 0. The van der Waals surface area contributed by atoms with Gasteiger partial charge in [-0.2, -0.15) is 0 Å². The fraction of sp³-hybridized carbons (Fsp3) is 0.429. The second-order valence-corrected chi connectivity index (χ2v) is 6.52. The molecule has 1 atom stereocenters. The van der Waals surface area contributed by atoms with Gasteiger partial charge in [0.15, 0.2) is 0 Å². The van der Waals surface area contributed by atoms with E-state index in [9.17, 15) is 0 Å². The molecule has 4 nitrogen and oxygen atoms in total. The maximum Gasteiger partial charge on any atom is 0.122 e. The molecule has 1 aliphatic heterocycles. The Morgan fingerprint density at radius 1 is 1.12 bits per heavy atom. The standard InChI is InChI=1S/C21H27NO3/c1-16-8-9-21(17(2)13-16)24-12-10-22-18-5-3-6-19(14-18)25-15-20-7-4-11-23-20/h3,5-6,8-9,13-14,20,22H,4,7,10-12,15H2,1-2H3. The zero-order valence-corrected chi connectivity index (χ0v) is 15.1. The van der Waals surface area contributed by atoms with Crippen molar-refractivity contribution in [2.24, 2.45) is 0 Å². The molecule has 0 amide bonds. The van der Waals surface area contributed by atoms with Crippen molar-refractivity contribution in [2.45, 2.75) is 32.8 Å². The van der Waals surface area contributed by atoms with E-state index in [0.29, 0.717) is 13.2 Å². The highest BCUT2D eigenvalue weighted by atomic mass is 16.5. The van der Waals surface area contributed by atoms with Crippen LogP contribution in [-0.2, 0) is 4.74 Å². The van der Waals surface area contributed by atoms with Crippen LogP contribution in [0.2, 0.25) is 0 Å².